The third-order valence-electron chi connectivity index (χ3n) is 5.06. The van der Waals surface area contributed by atoms with Crippen molar-refractivity contribution >= 4 is 24.2 Å². The van der Waals surface area contributed by atoms with Gasteiger partial charge in [-0.25, -0.2) is 10.9 Å². The van der Waals surface area contributed by atoms with E-state index in [4.69, 9.17) is 19.7 Å². The lowest BCUT2D eigenvalue weighted by Gasteiger charge is -2.11. The maximum Gasteiger partial charge on any atom is 0.271 e. The van der Waals surface area contributed by atoms with Gasteiger partial charge in [-0.2, -0.15) is 10.2 Å². The molecule has 4 aromatic rings. The van der Waals surface area contributed by atoms with E-state index in [9.17, 15) is 9.59 Å². The number of benzene rings is 2. The van der Waals surface area contributed by atoms with Crippen LogP contribution in [0.3, 0.4) is 0 Å². The molecule has 12 heteroatoms. The molecule has 0 aliphatic rings. The van der Waals surface area contributed by atoms with Gasteiger partial charge in [-0.3, -0.25) is 19.6 Å². The summed E-state index contributed by atoms with van der Waals surface area (Å²) in [4.78, 5) is 32.0. The molecule has 0 fully saturated rings. The number of pyridine rings is 2. The van der Waals surface area contributed by atoms with Crippen LogP contribution < -0.4 is 20.3 Å². The van der Waals surface area contributed by atoms with Gasteiger partial charge in [0, 0.05) is 61.3 Å². The lowest BCUT2D eigenvalue weighted by molar-refractivity contribution is 0.0947. The molecule has 0 aliphatic carbocycles. The first-order chi connectivity index (χ1) is 20.7. The van der Waals surface area contributed by atoms with Crippen LogP contribution in [0.5, 0.6) is 11.5 Å². The van der Waals surface area contributed by atoms with Crippen LogP contribution in [-0.2, 0) is 0 Å². The zero-order chi connectivity index (χ0) is 30.4. The Morgan fingerprint density at radius 2 is 1.00 bits per heavy atom. The highest BCUT2D eigenvalue weighted by atomic mass is 16.5. The summed E-state index contributed by atoms with van der Waals surface area (Å²) in [6.07, 6.45) is 9.19. The molecular weight excluding hydrogens is 540 g/mol. The molecule has 0 spiro atoms. The fourth-order valence-corrected chi connectivity index (χ4v) is 3.20. The van der Waals surface area contributed by atoms with Crippen LogP contribution in [0.25, 0.3) is 0 Å². The largest absolute Gasteiger partial charge is 0.489 e. The molecule has 0 atom stereocenters. The molecule has 0 radical (unpaired) electrons. The molecule has 218 valence electrons. The van der Waals surface area contributed by atoms with Crippen LogP contribution in [-0.4, -0.2) is 71.9 Å². The Hall–Kier alpha value is -5.46. The molecule has 2 aromatic heterocycles. The lowest BCUT2D eigenvalue weighted by Crippen LogP contribution is -2.17. The number of aromatic nitrogens is 2. The summed E-state index contributed by atoms with van der Waals surface area (Å²) in [7, 11) is 2.00. The van der Waals surface area contributed by atoms with E-state index in [0.717, 1.165) is 14.2 Å². The van der Waals surface area contributed by atoms with E-state index < -0.39 is 0 Å². The van der Waals surface area contributed by atoms with Crippen LogP contribution in [0.15, 0.2) is 108 Å². The van der Waals surface area contributed by atoms with Gasteiger partial charge in [-0.1, -0.05) is 24.3 Å². The summed E-state index contributed by atoms with van der Waals surface area (Å²) >= 11 is 0. The van der Waals surface area contributed by atoms with Crippen molar-refractivity contribution in [2.45, 2.75) is 0 Å². The topological polar surface area (TPSA) is 168 Å². The van der Waals surface area contributed by atoms with E-state index in [1.807, 2.05) is 36.4 Å². The number of hydrazone groups is 2. The van der Waals surface area contributed by atoms with Crippen molar-refractivity contribution in [2.24, 2.45) is 10.2 Å². The van der Waals surface area contributed by atoms with Crippen molar-refractivity contribution in [1.29, 1.82) is 0 Å². The van der Waals surface area contributed by atoms with Gasteiger partial charge in [0.25, 0.3) is 11.8 Å². The molecule has 2 heterocycles. The number of hydrogen-bond acceptors (Lipinski definition) is 10. The van der Waals surface area contributed by atoms with Crippen molar-refractivity contribution in [2.75, 3.05) is 27.4 Å². The van der Waals surface area contributed by atoms with Crippen LogP contribution in [0.2, 0.25) is 0 Å². The van der Waals surface area contributed by atoms with Gasteiger partial charge >= 0.3 is 0 Å². The van der Waals surface area contributed by atoms with E-state index in [2.05, 4.69) is 31.0 Å². The first-order valence-corrected chi connectivity index (χ1v) is 12.5. The summed E-state index contributed by atoms with van der Waals surface area (Å²) in [6, 6.07) is 21.0. The molecule has 4 rings (SSSR count). The number of carbonyl (C=O) groups is 2. The smallest absolute Gasteiger partial charge is 0.271 e. The number of aliphatic hydroxyl groups excluding tert-OH is 2. The Morgan fingerprint density at radius 1 is 0.643 bits per heavy atom. The number of carbonyl (C=O) groups excluding carboxylic acids is 2. The predicted molar refractivity (Wildman–Crippen MR) is 159 cm³/mol. The van der Waals surface area contributed by atoms with Gasteiger partial charge in [-0.15, -0.1) is 0 Å². The summed E-state index contributed by atoms with van der Waals surface area (Å²) in [5, 5.41) is 22.0. The van der Waals surface area contributed by atoms with Crippen molar-refractivity contribution in [3.8, 4) is 11.5 Å². The minimum Gasteiger partial charge on any atom is -0.489 e. The standard InChI is InChI=1S/C28H24N6O4.2CH4O/c35-27(21-9-13-29-14-10-21)33-31-19-23-5-1-3-7-25(23)37-17-18-38-26-8-4-2-6-24(26)20-32-34-28(36)22-11-15-30-16-12-22;2*1-2/h1-16,19-20H,17-18H2,(H,33,35)(H,34,36);2*2H,1H3/b31-19+,32-20+;;. The number of nitrogens with zero attached hydrogens (tertiary/aromatic N) is 4. The van der Waals surface area contributed by atoms with Gasteiger partial charge in [-0.05, 0) is 48.5 Å². The second-order valence-electron chi connectivity index (χ2n) is 7.64. The average Bonchev–Trinajstić information content (AvgIpc) is 3.07. The van der Waals surface area contributed by atoms with E-state index in [1.54, 1.807) is 36.4 Å². The summed E-state index contributed by atoms with van der Waals surface area (Å²) in [6.45, 7) is 0.525. The molecule has 4 N–H and O–H groups in total. The maximum absolute atomic E-state index is 12.1. The zero-order valence-electron chi connectivity index (χ0n) is 23.1. The van der Waals surface area contributed by atoms with Crippen LogP contribution >= 0.6 is 0 Å². The Bertz CT molecular complexity index is 1310. The summed E-state index contributed by atoms with van der Waals surface area (Å²) < 4.78 is 11.7. The van der Waals surface area contributed by atoms with E-state index in [-0.39, 0.29) is 25.0 Å². The van der Waals surface area contributed by atoms with Gasteiger partial charge in [0.1, 0.15) is 24.7 Å². The molecule has 0 unspecified atom stereocenters. The second kappa shape index (κ2) is 19.6. The molecule has 0 saturated heterocycles. The molecule has 2 amide bonds. The first kappa shape index (κ1) is 32.8. The maximum atomic E-state index is 12.1. The molecule has 0 saturated carbocycles. The summed E-state index contributed by atoms with van der Waals surface area (Å²) in [5.74, 6) is 0.502. The number of aliphatic hydroxyl groups is 2. The number of para-hydroxylation sites is 2. The number of rotatable bonds is 11. The Morgan fingerprint density at radius 3 is 1.38 bits per heavy atom. The molecule has 0 bridgehead atoms. The number of ether oxygens (including phenoxy) is 2. The lowest BCUT2D eigenvalue weighted by atomic mass is 10.2. The Balaban J connectivity index is 0.00000148. The zero-order valence-corrected chi connectivity index (χ0v) is 23.1. The fourth-order valence-electron chi connectivity index (χ4n) is 3.20. The number of hydrogen-bond donors (Lipinski definition) is 4. The van der Waals surface area contributed by atoms with Crippen molar-refractivity contribution in [3.63, 3.8) is 0 Å². The highest BCUT2D eigenvalue weighted by Crippen LogP contribution is 2.18. The van der Waals surface area contributed by atoms with Crippen LogP contribution in [0.4, 0.5) is 0 Å². The van der Waals surface area contributed by atoms with Crippen LogP contribution in [0, 0.1) is 0 Å². The Kier molecular flexibility index (Phi) is 15.3. The highest BCUT2D eigenvalue weighted by Gasteiger charge is 2.06. The minimum atomic E-state index is -0.338. The molecule has 2 aromatic carbocycles. The average molecular weight is 573 g/mol. The van der Waals surface area contributed by atoms with Crippen molar-refractivity contribution in [1.82, 2.24) is 20.8 Å². The molecular formula is C30H32N6O6. The van der Waals surface area contributed by atoms with Gasteiger partial charge < -0.3 is 19.7 Å². The molecule has 42 heavy (non-hydrogen) atoms. The van der Waals surface area contributed by atoms with Gasteiger partial charge in [0.2, 0.25) is 0 Å². The quantitative estimate of drug-likeness (QED) is 0.121. The Labute approximate surface area is 243 Å². The normalized spacial score (nSPS) is 10.1. The van der Waals surface area contributed by atoms with Gasteiger partial charge in [0.05, 0.1) is 12.4 Å². The van der Waals surface area contributed by atoms with Crippen LogP contribution in [0.1, 0.15) is 31.8 Å². The highest BCUT2D eigenvalue weighted by molar-refractivity contribution is 5.95. The fraction of sp³-hybridized carbons (Fsp3) is 0.133. The van der Waals surface area contributed by atoms with E-state index in [0.29, 0.717) is 33.8 Å². The predicted octanol–water partition coefficient (Wildman–Crippen LogP) is 2.68. The summed E-state index contributed by atoms with van der Waals surface area (Å²) in [5.41, 5.74) is 7.27. The number of amides is 2. The van der Waals surface area contributed by atoms with E-state index in [1.165, 1.54) is 37.2 Å². The first-order valence-electron chi connectivity index (χ1n) is 12.5. The van der Waals surface area contributed by atoms with E-state index >= 15 is 0 Å². The van der Waals surface area contributed by atoms with Crippen molar-refractivity contribution in [3.05, 3.63) is 120 Å². The second-order valence-corrected chi connectivity index (χ2v) is 7.64. The monoisotopic (exact) mass is 572 g/mol. The third kappa shape index (κ3) is 11.0. The third-order valence-corrected chi connectivity index (χ3v) is 5.06. The van der Waals surface area contributed by atoms with Crippen molar-refractivity contribution < 1.29 is 29.3 Å². The molecule has 12 nitrogen and oxygen atoms in total. The van der Waals surface area contributed by atoms with Gasteiger partial charge in [0.15, 0.2) is 0 Å². The number of nitrogens with one attached hydrogen (secondary N) is 2. The molecule has 0 aliphatic heterocycles. The minimum absolute atomic E-state index is 0.262. The SMILES string of the molecule is CO.CO.O=C(N/N=C/c1ccccc1OCCOc1ccccc1/C=N/NC(=O)c1ccncc1)c1ccncc1.